The highest BCUT2D eigenvalue weighted by Gasteiger charge is 2.33. The van der Waals surface area contributed by atoms with E-state index in [0.29, 0.717) is 5.88 Å². The molecule has 1 fully saturated rings. The first kappa shape index (κ1) is 10.2. The van der Waals surface area contributed by atoms with Crippen molar-refractivity contribution < 1.29 is 0 Å². The Bertz CT molecular complexity index is 313. The molecule has 2 atom stereocenters. The van der Waals surface area contributed by atoms with Crippen LogP contribution in [0.2, 0.25) is 0 Å². The maximum atomic E-state index is 5.71. The molecule has 78 valence electrons. The molecular weight excluding hydrogens is 216 g/mol. The highest BCUT2D eigenvalue weighted by atomic mass is 35.5. The molecule has 1 aromatic heterocycles. The van der Waals surface area contributed by atoms with Gasteiger partial charge in [0.2, 0.25) is 0 Å². The predicted molar refractivity (Wildman–Crippen MR) is 62.2 cm³/mol. The summed E-state index contributed by atoms with van der Waals surface area (Å²) in [5.74, 6) is 2.30. The first-order valence-corrected chi connectivity index (χ1v) is 6.33. The molecule has 0 spiro atoms. The molecule has 2 rings (SSSR count). The van der Waals surface area contributed by atoms with Gasteiger partial charge in [-0.1, -0.05) is 6.92 Å². The second-order valence-electron chi connectivity index (χ2n) is 4.11. The minimum atomic E-state index is 0.518. The van der Waals surface area contributed by atoms with Gasteiger partial charge in [-0.25, -0.2) is 4.98 Å². The molecule has 1 aliphatic carbocycles. The van der Waals surface area contributed by atoms with Gasteiger partial charge in [0.05, 0.1) is 11.6 Å². The van der Waals surface area contributed by atoms with Crippen molar-refractivity contribution in [2.45, 2.75) is 19.2 Å². The summed E-state index contributed by atoms with van der Waals surface area (Å²) in [6.07, 6.45) is 1.37. The Morgan fingerprint density at radius 2 is 2.43 bits per heavy atom. The van der Waals surface area contributed by atoms with E-state index in [2.05, 4.69) is 23.9 Å². The zero-order valence-corrected chi connectivity index (χ0v) is 10.1. The SMILES string of the molecule is CC1CC1CN(C)c1nc(CCl)cs1. The van der Waals surface area contributed by atoms with Crippen molar-refractivity contribution in [1.29, 1.82) is 0 Å². The molecule has 0 radical (unpaired) electrons. The van der Waals surface area contributed by atoms with Crippen molar-refractivity contribution in [2.24, 2.45) is 11.8 Å². The van der Waals surface area contributed by atoms with Crippen molar-refractivity contribution >= 4 is 28.1 Å². The largest absolute Gasteiger partial charge is 0.351 e. The van der Waals surface area contributed by atoms with E-state index < -0.39 is 0 Å². The number of anilines is 1. The summed E-state index contributed by atoms with van der Waals surface area (Å²) < 4.78 is 0. The molecule has 1 aromatic rings. The fraction of sp³-hybridized carbons (Fsp3) is 0.700. The van der Waals surface area contributed by atoms with Crippen LogP contribution >= 0.6 is 22.9 Å². The number of rotatable bonds is 4. The molecule has 2 nitrogen and oxygen atoms in total. The first-order chi connectivity index (χ1) is 6.70. The highest BCUT2D eigenvalue weighted by molar-refractivity contribution is 7.13. The topological polar surface area (TPSA) is 16.1 Å². The molecule has 4 heteroatoms. The van der Waals surface area contributed by atoms with E-state index in [1.54, 1.807) is 11.3 Å². The highest BCUT2D eigenvalue weighted by Crippen LogP contribution is 2.38. The molecule has 1 heterocycles. The number of thiazole rings is 1. The lowest BCUT2D eigenvalue weighted by atomic mass is 10.3. The monoisotopic (exact) mass is 230 g/mol. The average Bonchev–Trinajstić information content (AvgIpc) is 2.72. The third-order valence-electron chi connectivity index (χ3n) is 2.79. The smallest absolute Gasteiger partial charge is 0.185 e. The fourth-order valence-electron chi connectivity index (χ4n) is 1.62. The van der Waals surface area contributed by atoms with Crippen molar-refractivity contribution in [3.63, 3.8) is 0 Å². The Morgan fingerprint density at radius 3 is 2.93 bits per heavy atom. The molecule has 0 aliphatic heterocycles. The van der Waals surface area contributed by atoms with E-state index in [1.165, 1.54) is 6.42 Å². The Balaban J connectivity index is 1.93. The standard InChI is InChI=1S/C10H15ClN2S/c1-7-3-8(7)5-13(2)10-12-9(4-11)6-14-10/h6-8H,3-5H2,1-2H3. The van der Waals surface area contributed by atoms with Crippen LogP contribution in [0.1, 0.15) is 19.0 Å². The van der Waals surface area contributed by atoms with Gasteiger partial charge in [-0.3, -0.25) is 0 Å². The zero-order valence-electron chi connectivity index (χ0n) is 8.53. The molecule has 0 amide bonds. The van der Waals surface area contributed by atoms with Gasteiger partial charge in [-0.2, -0.15) is 0 Å². The number of hydrogen-bond donors (Lipinski definition) is 0. The summed E-state index contributed by atoms with van der Waals surface area (Å²) >= 11 is 7.40. The van der Waals surface area contributed by atoms with Gasteiger partial charge < -0.3 is 4.90 Å². The van der Waals surface area contributed by atoms with E-state index >= 15 is 0 Å². The summed E-state index contributed by atoms with van der Waals surface area (Å²) in [5, 5.41) is 3.13. The van der Waals surface area contributed by atoms with Crippen LogP contribution in [0.25, 0.3) is 0 Å². The summed E-state index contributed by atoms with van der Waals surface area (Å²) in [4.78, 5) is 6.69. The Kier molecular flexibility index (Phi) is 2.98. The van der Waals surface area contributed by atoms with E-state index in [0.717, 1.165) is 29.2 Å². The maximum absolute atomic E-state index is 5.71. The van der Waals surface area contributed by atoms with Crippen LogP contribution < -0.4 is 4.90 Å². The van der Waals surface area contributed by atoms with Crippen LogP contribution in [0.15, 0.2) is 5.38 Å². The van der Waals surface area contributed by atoms with Crippen LogP contribution in [-0.4, -0.2) is 18.6 Å². The second-order valence-corrected chi connectivity index (χ2v) is 5.21. The quantitative estimate of drug-likeness (QED) is 0.740. The van der Waals surface area contributed by atoms with Crippen molar-refractivity contribution in [3.8, 4) is 0 Å². The third-order valence-corrected chi connectivity index (χ3v) is 4.07. The van der Waals surface area contributed by atoms with Gasteiger partial charge >= 0.3 is 0 Å². The van der Waals surface area contributed by atoms with Crippen LogP contribution in [0, 0.1) is 11.8 Å². The summed E-state index contributed by atoms with van der Waals surface area (Å²) in [6, 6.07) is 0. The van der Waals surface area contributed by atoms with E-state index in [-0.39, 0.29) is 0 Å². The van der Waals surface area contributed by atoms with Crippen LogP contribution in [0.4, 0.5) is 5.13 Å². The molecule has 0 N–H and O–H groups in total. The van der Waals surface area contributed by atoms with Crippen LogP contribution in [-0.2, 0) is 5.88 Å². The normalized spacial score (nSPS) is 25.1. The molecule has 2 unspecified atom stereocenters. The van der Waals surface area contributed by atoms with E-state index in [4.69, 9.17) is 11.6 Å². The molecule has 1 saturated carbocycles. The van der Waals surface area contributed by atoms with Gasteiger partial charge in [0.25, 0.3) is 0 Å². The summed E-state index contributed by atoms with van der Waals surface area (Å²) in [7, 11) is 2.11. The number of nitrogens with zero attached hydrogens (tertiary/aromatic N) is 2. The van der Waals surface area contributed by atoms with Crippen molar-refractivity contribution in [1.82, 2.24) is 4.98 Å². The Morgan fingerprint density at radius 1 is 1.71 bits per heavy atom. The zero-order chi connectivity index (χ0) is 10.1. The Labute approximate surface area is 93.9 Å². The number of hydrogen-bond acceptors (Lipinski definition) is 3. The fourth-order valence-corrected chi connectivity index (χ4v) is 2.65. The number of aromatic nitrogens is 1. The van der Waals surface area contributed by atoms with E-state index in [9.17, 15) is 0 Å². The number of halogens is 1. The maximum Gasteiger partial charge on any atom is 0.185 e. The van der Waals surface area contributed by atoms with Gasteiger partial charge in [0.1, 0.15) is 0 Å². The number of alkyl halides is 1. The molecule has 14 heavy (non-hydrogen) atoms. The lowest BCUT2D eigenvalue weighted by molar-refractivity contribution is 0.723. The Hall–Kier alpha value is -0.280. The van der Waals surface area contributed by atoms with Crippen LogP contribution in [0.5, 0.6) is 0 Å². The summed E-state index contributed by atoms with van der Waals surface area (Å²) in [6.45, 7) is 3.45. The van der Waals surface area contributed by atoms with Gasteiger partial charge in [-0.15, -0.1) is 22.9 Å². The van der Waals surface area contributed by atoms with E-state index in [1.807, 2.05) is 5.38 Å². The second kappa shape index (κ2) is 4.07. The predicted octanol–water partition coefficient (Wildman–Crippen LogP) is 2.97. The molecule has 0 bridgehead atoms. The lowest BCUT2D eigenvalue weighted by Gasteiger charge is -2.14. The van der Waals surface area contributed by atoms with Gasteiger partial charge in [0.15, 0.2) is 5.13 Å². The molecule has 1 aliphatic rings. The summed E-state index contributed by atoms with van der Waals surface area (Å²) in [5.41, 5.74) is 0.988. The van der Waals surface area contributed by atoms with Gasteiger partial charge in [-0.05, 0) is 18.3 Å². The lowest BCUT2D eigenvalue weighted by Crippen LogP contribution is -2.20. The molecular formula is C10H15ClN2S. The minimum absolute atomic E-state index is 0.518. The van der Waals surface area contributed by atoms with Gasteiger partial charge in [0, 0.05) is 19.0 Å². The van der Waals surface area contributed by atoms with Crippen molar-refractivity contribution in [2.75, 3.05) is 18.5 Å². The first-order valence-electron chi connectivity index (χ1n) is 4.92. The van der Waals surface area contributed by atoms with Crippen molar-refractivity contribution in [3.05, 3.63) is 11.1 Å². The third kappa shape index (κ3) is 2.20. The average molecular weight is 231 g/mol. The molecule has 0 aromatic carbocycles. The molecule has 0 saturated heterocycles. The van der Waals surface area contributed by atoms with Crippen LogP contribution in [0.3, 0.4) is 0 Å². The minimum Gasteiger partial charge on any atom is -0.351 e.